The van der Waals surface area contributed by atoms with E-state index in [1.54, 1.807) is 17.9 Å². The van der Waals surface area contributed by atoms with Crippen LogP contribution in [0.3, 0.4) is 0 Å². The van der Waals surface area contributed by atoms with Gasteiger partial charge in [0.05, 0.1) is 4.92 Å². The highest BCUT2D eigenvalue weighted by Gasteiger charge is 2.24. The van der Waals surface area contributed by atoms with E-state index in [0.29, 0.717) is 18.7 Å². The molecule has 0 spiro atoms. The zero-order valence-electron chi connectivity index (χ0n) is 11.9. The summed E-state index contributed by atoms with van der Waals surface area (Å²) in [5.74, 6) is -0.116. The molecule has 1 aliphatic heterocycles. The third kappa shape index (κ3) is 3.79. The first kappa shape index (κ1) is 15.9. The molecule has 0 aliphatic carbocycles. The third-order valence-electron chi connectivity index (χ3n) is 3.72. The number of rotatable bonds is 4. The van der Waals surface area contributed by atoms with Crippen LogP contribution >= 0.6 is 15.9 Å². The second-order valence-corrected chi connectivity index (χ2v) is 5.87. The summed E-state index contributed by atoms with van der Waals surface area (Å²) in [4.78, 5) is 27.0. The van der Waals surface area contributed by atoms with Gasteiger partial charge in [-0.3, -0.25) is 19.8 Å². The molecule has 114 valence electrons. The van der Waals surface area contributed by atoms with Crippen LogP contribution < -0.4 is 0 Å². The van der Waals surface area contributed by atoms with Gasteiger partial charge in [-0.25, -0.2) is 0 Å². The van der Waals surface area contributed by atoms with Gasteiger partial charge in [-0.05, 0) is 12.5 Å². The molecule has 0 unspecified atom stereocenters. The zero-order chi connectivity index (χ0) is 15.4. The molecule has 2 rings (SSSR count). The minimum absolute atomic E-state index is 0.0399. The first-order valence-electron chi connectivity index (χ1n) is 6.85. The van der Waals surface area contributed by atoms with Crippen molar-refractivity contribution in [2.75, 3.05) is 38.1 Å². The van der Waals surface area contributed by atoms with E-state index in [9.17, 15) is 14.9 Å². The van der Waals surface area contributed by atoms with E-state index in [0.717, 1.165) is 30.5 Å². The number of benzene rings is 1. The normalized spacial score (nSPS) is 16.0. The topological polar surface area (TPSA) is 66.7 Å². The van der Waals surface area contributed by atoms with Crippen LogP contribution in [0.2, 0.25) is 0 Å². The summed E-state index contributed by atoms with van der Waals surface area (Å²) < 4.78 is 0. The summed E-state index contributed by atoms with van der Waals surface area (Å²) in [6.07, 6.45) is 0. The van der Waals surface area contributed by atoms with Crippen molar-refractivity contribution in [1.29, 1.82) is 0 Å². The predicted molar refractivity (Wildman–Crippen MR) is 84.0 cm³/mol. The quantitative estimate of drug-likeness (QED) is 0.471. The predicted octanol–water partition coefficient (Wildman–Crippen LogP) is 2.06. The van der Waals surface area contributed by atoms with Crippen molar-refractivity contribution >= 4 is 27.5 Å². The van der Waals surface area contributed by atoms with Gasteiger partial charge in [-0.15, -0.1) is 0 Å². The molecule has 0 N–H and O–H groups in total. The number of alkyl halides is 1. The maximum Gasteiger partial charge on any atom is 0.270 e. The van der Waals surface area contributed by atoms with Crippen molar-refractivity contribution in [3.63, 3.8) is 0 Å². The molecule has 7 heteroatoms. The maximum atomic E-state index is 12.5. The zero-order valence-corrected chi connectivity index (χ0v) is 13.5. The Bertz CT molecular complexity index is 542. The van der Waals surface area contributed by atoms with E-state index in [1.807, 2.05) is 0 Å². The number of aryl methyl sites for hydroxylation is 1. The van der Waals surface area contributed by atoms with Gasteiger partial charge >= 0.3 is 0 Å². The average Bonchev–Trinajstić information content (AvgIpc) is 2.48. The summed E-state index contributed by atoms with van der Waals surface area (Å²) in [6, 6.07) is 4.44. The van der Waals surface area contributed by atoms with E-state index in [-0.39, 0.29) is 11.6 Å². The molecule has 1 aliphatic rings. The molecule has 1 fully saturated rings. The maximum absolute atomic E-state index is 12.5. The van der Waals surface area contributed by atoms with Crippen LogP contribution in [-0.4, -0.2) is 58.7 Å². The van der Waals surface area contributed by atoms with Crippen LogP contribution in [0, 0.1) is 17.0 Å². The standard InChI is InChI=1S/C14H18BrN3O3/c1-11-2-3-12(18(20)21)10-13(11)14(19)17-8-6-16(5-4-15)7-9-17/h2-3,10H,4-9H2,1H3. The summed E-state index contributed by atoms with van der Waals surface area (Å²) in [5.41, 5.74) is 1.16. The molecule has 1 heterocycles. The number of carbonyl (C=O) groups is 1. The van der Waals surface area contributed by atoms with Crippen LogP contribution in [0.15, 0.2) is 18.2 Å². The van der Waals surface area contributed by atoms with Crippen molar-refractivity contribution in [2.24, 2.45) is 0 Å². The Kier molecular flexibility index (Phi) is 5.30. The average molecular weight is 356 g/mol. The highest BCUT2D eigenvalue weighted by Crippen LogP contribution is 2.19. The highest BCUT2D eigenvalue weighted by atomic mass is 79.9. The fraction of sp³-hybridized carbons (Fsp3) is 0.500. The van der Waals surface area contributed by atoms with Crippen molar-refractivity contribution < 1.29 is 9.72 Å². The molecule has 1 aromatic carbocycles. The van der Waals surface area contributed by atoms with Gasteiger partial charge in [0, 0.05) is 55.8 Å². The van der Waals surface area contributed by atoms with Gasteiger partial charge in [0.15, 0.2) is 0 Å². The number of halogens is 1. The lowest BCUT2D eigenvalue weighted by molar-refractivity contribution is -0.384. The number of hydrogen-bond acceptors (Lipinski definition) is 4. The van der Waals surface area contributed by atoms with Crippen LogP contribution in [0.5, 0.6) is 0 Å². The number of carbonyl (C=O) groups excluding carboxylic acids is 1. The van der Waals surface area contributed by atoms with Crippen LogP contribution in [-0.2, 0) is 0 Å². The monoisotopic (exact) mass is 355 g/mol. The van der Waals surface area contributed by atoms with E-state index in [2.05, 4.69) is 20.8 Å². The minimum atomic E-state index is -0.468. The second kappa shape index (κ2) is 7.00. The fourth-order valence-electron chi connectivity index (χ4n) is 2.42. The van der Waals surface area contributed by atoms with E-state index < -0.39 is 4.92 Å². The Labute approximate surface area is 132 Å². The number of piperazine rings is 1. The Morgan fingerprint density at radius 2 is 2.00 bits per heavy atom. The molecule has 0 aromatic heterocycles. The molecule has 0 bridgehead atoms. The van der Waals surface area contributed by atoms with Gasteiger partial charge in [0.25, 0.3) is 11.6 Å². The lowest BCUT2D eigenvalue weighted by Crippen LogP contribution is -2.49. The largest absolute Gasteiger partial charge is 0.336 e. The summed E-state index contributed by atoms with van der Waals surface area (Å²) in [6.45, 7) is 5.77. The number of non-ortho nitro benzene ring substituents is 1. The fourth-order valence-corrected chi connectivity index (χ4v) is 2.92. The minimum Gasteiger partial charge on any atom is -0.336 e. The third-order valence-corrected chi connectivity index (χ3v) is 4.08. The molecular weight excluding hydrogens is 338 g/mol. The van der Waals surface area contributed by atoms with Crippen molar-refractivity contribution in [3.8, 4) is 0 Å². The van der Waals surface area contributed by atoms with Crippen LogP contribution in [0.4, 0.5) is 5.69 Å². The van der Waals surface area contributed by atoms with Crippen molar-refractivity contribution in [2.45, 2.75) is 6.92 Å². The molecular formula is C14H18BrN3O3. The van der Waals surface area contributed by atoms with Gasteiger partial charge in [0.1, 0.15) is 0 Å². The van der Waals surface area contributed by atoms with Crippen LogP contribution in [0.1, 0.15) is 15.9 Å². The van der Waals surface area contributed by atoms with E-state index in [1.165, 1.54) is 12.1 Å². The number of nitro groups is 1. The molecule has 21 heavy (non-hydrogen) atoms. The number of amides is 1. The summed E-state index contributed by atoms with van der Waals surface area (Å²) in [5, 5.41) is 11.8. The molecule has 0 saturated carbocycles. The van der Waals surface area contributed by atoms with E-state index >= 15 is 0 Å². The van der Waals surface area contributed by atoms with E-state index in [4.69, 9.17) is 0 Å². The molecule has 1 aromatic rings. The highest BCUT2D eigenvalue weighted by molar-refractivity contribution is 9.09. The van der Waals surface area contributed by atoms with Gasteiger partial charge < -0.3 is 4.90 Å². The van der Waals surface area contributed by atoms with Crippen LogP contribution in [0.25, 0.3) is 0 Å². The molecule has 1 amide bonds. The first-order chi connectivity index (χ1) is 10.0. The number of nitro benzene ring substituents is 1. The Morgan fingerprint density at radius 3 is 2.57 bits per heavy atom. The number of hydrogen-bond donors (Lipinski definition) is 0. The smallest absolute Gasteiger partial charge is 0.270 e. The second-order valence-electron chi connectivity index (χ2n) is 5.08. The van der Waals surface area contributed by atoms with Crippen molar-refractivity contribution in [1.82, 2.24) is 9.80 Å². The molecule has 6 nitrogen and oxygen atoms in total. The van der Waals surface area contributed by atoms with Gasteiger partial charge in [-0.2, -0.15) is 0 Å². The Hall–Kier alpha value is -1.47. The lowest BCUT2D eigenvalue weighted by atomic mass is 10.1. The van der Waals surface area contributed by atoms with Gasteiger partial charge in [-0.1, -0.05) is 22.0 Å². The summed E-state index contributed by atoms with van der Waals surface area (Å²) in [7, 11) is 0. The number of nitrogens with zero attached hydrogens (tertiary/aromatic N) is 3. The first-order valence-corrected chi connectivity index (χ1v) is 7.97. The lowest BCUT2D eigenvalue weighted by Gasteiger charge is -2.34. The Balaban J connectivity index is 2.10. The summed E-state index contributed by atoms with van der Waals surface area (Å²) >= 11 is 3.41. The van der Waals surface area contributed by atoms with Crippen molar-refractivity contribution in [3.05, 3.63) is 39.4 Å². The molecule has 0 atom stereocenters. The SMILES string of the molecule is Cc1ccc([N+](=O)[O-])cc1C(=O)N1CCN(CCBr)CC1. The molecule has 0 radical (unpaired) electrons. The Morgan fingerprint density at radius 1 is 1.33 bits per heavy atom. The molecule has 1 saturated heterocycles. The van der Waals surface area contributed by atoms with Gasteiger partial charge in [0.2, 0.25) is 0 Å².